The molecule has 0 aliphatic rings. The van der Waals surface area contributed by atoms with E-state index in [2.05, 4.69) is 6.58 Å². The number of hydrogen-bond donors (Lipinski definition) is 1. The van der Waals surface area contributed by atoms with E-state index in [-0.39, 0.29) is 11.9 Å². The zero-order valence-electron chi connectivity index (χ0n) is 11.2. The summed E-state index contributed by atoms with van der Waals surface area (Å²) in [6.07, 6.45) is 1.75. The third-order valence-corrected chi connectivity index (χ3v) is 4.07. The van der Waals surface area contributed by atoms with Crippen LogP contribution >= 0.6 is 11.3 Å². The van der Waals surface area contributed by atoms with Crippen LogP contribution in [-0.4, -0.2) is 23.4 Å². The zero-order chi connectivity index (χ0) is 14.0. The van der Waals surface area contributed by atoms with E-state index in [0.29, 0.717) is 6.54 Å². The average Bonchev–Trinajstić information content (AvgIpc) is 2.77. The van der Waals surface area contributed by atoms with Crippen molar-refractivity contribution in [1.29, 1.82) is 0 Å². The fourth-order valence-electron chi connectivity index (χ4n) is 1.98. The first-order valence-electron chi connectivity index (χ1n) is 6.24. The van der Waals surface area contributed by atoms with Crippen LogP contribution in [-0.2, 0) is 0 Å². The lowest BCUT2D eigenvalue weighted by molar-refractivity contribution is 0.0734. The summed E-state index contributed by atoms with van der Waals surface area (Å²) < 4.78 is 1.08. The fraction of sp³-hybridized carbons (Fsp3) is 0.267. The Morgan fingerprint density at radius 3 is 2.84 bits per heavy atom. The van der Waals surface area contributed by atoms with Gasteiger partial charge in [0, 0.05) is 23.0 Å². The van der Waals surface area contributed by atoms with Gasteiger partial charge in [0.25, 0.3) is 5.91 Å². The molecule has 1 heterocycles. The molecule has 0 bridgehead atoms. The normalized spacial score (nSPS) is 10.9. The van der Waals surface area contributed by atoms with Gasteiger partial charge in [0.05, 0.1) is 4.88 Å². The Morgan fingerprint density at radius 2 is 2.21 bits per heavy atom. The van der Waals surface area contributed by atoms with Crippen molar-refractivity contribution in [2.45, 2.75) is 19.9 Å². The summed E-state index contributed by atoms with van der Waals surface area (Å²) in [7, 11) is 0. The summed E-state index contributed by atoms with van der Waals surface area (Å²) in [6, 6.07) is 7.78. The highest BCUT2D eigenvalue weighted by Crippen LogP contribution is 2.28. The molecule has 2 N–H and O–H groups in total. The van der Waals surface area contributed by atoms with Crippen molar-refractivity contribution in [3.05, 3.63) is 41.8 Å². The molecule has 0 aliphatic heterocycles. The molecule has 1 amide bonds. The van der Waals surface area contributed by atoms with Gasteiger partial charge in [-0.2, -0.15) is 0 Å². The lowest BCUT2D eigenvalue weighted by Crippen LogP contribution is -2.36. The number of amides is 1. The molecule has 0 radical (unpaired) electrons. The van der Waals surface area contributed by atoms with E-state index in [1.165, 1.54) is 11.3 Å². The number of thiophene rings is 1. The standard InChI is InChI=1S/C15H18N2OS/c1-4-7-17(10(2)3)15(18)14-9-11-8-12(16)5-6-13(11)19-14/h4-6,8-10H,1,7,16H2,2-3H3. The number of anilines is 1. The highest BCUT2D eigenvalue weighted by atomic mass is 32.1. The summed E-state index contributed by atoms with van der Waals surface area (Å²) in [4.78, 5) is 15.0. The van der Waals surface area contributed by atoms with Crippen LogP contribution in [0, 0.1) is 0 Å². The molecule has 0 fully saturated rings. The van der Waals surface area contributed by atoms with E-state index >= 15 is 0 Å². The summed E-state index contributed by atoms with van der Waals surface area (Å²) in [5.74, 6) is 0.0506. The van der Waals surface area contributed by atoms with Crippen molar-refractivity contribution in [2.75, 3.05) is 12.3 Å². The highest BCUT2D eigenvalue weighted by Gasteiger charge is 2.19. The summed E-state index contributed by atoms with van der Waals surface area (Å²) >= 11 is 1.50. The van der Waals surface area contributed by atoms with E-state index < -0.39 is 0 Å². The van der Waals surface area contributed by atoms with Crippen LogP contribution < -0.4 is 5.73 Å². The first-order chi connectivity index (χ1) is 9.02. The maximum Gasteiger partial charge on any atom is 0.264 e. The number of nitrogens with two attached hydrogens (primary N) is 1. The topological polar surface area (TPSA) is 46.3 Å². The van der Waals surface area contributed by atoms with Gasteiger partial charge in [-0.15, -0.1) is 17.9 Å². The minimum Gasteiger partial charge on any atom is -0.399 e. The molecule has 2 rings (SSSR count). The van der Waals surface area contributed by atoms with E-state index in [1.807, 2.05) is 38.1 Å². The van der Waals surface area contributed by atoms with Crippen molar-refractivity contribution < 1.29 is 4.79 Å². The molecule has 0 saturated carbocycles. The largest absolute Gasteiger partial charge is 0.399 e. The van der Waals surface area contributed by atoms with Crippen LogP contribution in [0.25, 0.3) is 10.1 Å². The number of hydrogen-bond acceptors (Lipinski definition) is 3. The van der Waals surface area contributed by atoms with Crippen LogP contribution in [0.5, 0.6) is 0 Å². The number of fused-ring (bicyclic) bond motifs is 1. The van der Waals surface area contributed by atoms with Gasteiger partial charge in [0.15, 0.2) is 0 Å². The Hall–Kier alpha value is -1.81. The maximum absolute atomic E-state index is 12.5. The van der Waals surface area contributed by atoms with Gasteiger partial charge >= 0.3 is 0 Å². The molecule has 0 unspecified atom stereocenters. The van der Waals surface area contributed by atoms with E-state index in [9.17, 15) is 4.79 Å². The van der Waals surface area contributed by atoms with Gasteiger partial charge < -0.3 is 10.6 Å². The van der Waals surface area contributed by atoms with Gasteiger partial charge in [-0.05, 0) is 43.5 Å². The zero-order valence-corrected chi connectivity index (χ0v) is 12.0. The summed E-state index contributed by atoms with van der Waals surface area (Å²) in [5, 5.41) is 1.02. The number of nitrogens with zero attached hydrogens (tertiary/aromatic N) is 1. The van der Waals surface area contributed by atoms with E-state index in [1.54, 1.807) is 11.0 Å². The third-order valence-electron chi connectivity index (χ3n) is 2.96. The maximum atomic E-state index is 12.5. The molecular formula is C15H18N2OS. The smallest absolute Gasteiger partial charge is 0.264 e. The molecule has 1 aromatic carbocycles. The average molecular weight is 274 g/mol. The Morgan fingerprint density at radius 1 is 1.47 bits per heavy atom. The monoisotopic (exact) mass is 274 g/mol. The van der Waals surface area contributed by atoms with Crippen molar-refractivity contribution in [2.24, 2.45) is 0 Å². The molecule has 0 aliphatic carbocycles. The number of carbonyl (C=O) groups is 1. The Balaban J connectivity index is 2.37. The SMILES string of the molecule is C=CCN(C(=O)c1cc2cc(N)ccc2s1)C(C)C. The molecular weight excluding hydrogens is 256 g/mol. The Labute approximate surface area is 117 Å². The lowest BCUT2D eigenvalue weighted by Gasteiger charge is -2.24. The van der Waals surface area contributed by atoms with Crippen molar-refractivity contribution in [1.82, 2.24) is 4.90 Å². The summed E-state index contributed by atoms with van der Waals surface area (Å²) in [6.45, 7) is 8.28. The molecule has 19 heavy (non-hydrogen) atoms. The second-order valence-corrected chi connectivity index (χ2v) is 5.83. The quantitative estimate of drug-likeness (QED) is 0.685. The van der Waals surface area contributed by atoms with E-state index in [0.717, 1.165) is 20.7 Å². The number of carbonyl (C=O) groups excluding carboxylic acids is 1. The van der Waals surface area contributed by atoms with Gasteiger partial charge in [-0.3, -0.25) is 4.79 Å². The molecule has 4 heteroatoms. The molecule has 3 nitrogen and oxygen atoms in total. The number of rotatable bonds is 4. The van der Waals surface area contributed by atoms with Gasteiger partial charge in [-0.25, -0.2) is 0 Å². The van der Waals surface area contributed by atoms with Crippen molar-refractivity contribution >= 4 is 33.0 Å². The molecule has 1 aromatic heterocycles. The molecule has 100 valence electrons. The van der Waals surface area contributed by atoms with Crippen molar-refractivity contribution in [3.8, 4) is 0 Å². The van der Waals surface area contributed by atoms with Crippen LogP contribution in [0.15, 0.2) is 36.9 Å². The van der Waals surface area contributed by atoms with Gasteiger partial charge in [0.1, 0.15) is 0 Å². The number of benzene rings is 1. The highest BCUT2D eigenvalue weighted by molar-refractivity contribution is 7.20. The molecule has 0 atom stereocenters. The van der Waals surface area contributed by atoms with Gasteiger partial charge in [-0.1, -0.05) is 6.08 Å². The second kappa shape index (κ2) is 5.45. The Kier molecular flexibility index (Phi) is 3.90. The number of nitrogen functional groups attached to an aromatic ring is 1. The van der Waals surface area contributed by atoms with Gasteiger partial charge in [0.2, 0.25) is 0 Å². The lowest BCUT2D eigenvalue weighted by atomic mass is 10.2. The summed E-state index contributed by atoms with van der Waals surface area (Å²) in [5.41, 5.74) is 6.48. The molecule has 0 saturated heterocycles. The first-order valence-corrected chi connectivity index (χ1v) is 7.05. The first kappa shape index (κ1) is 13.6. The Bertz CT molecular complexity index is 616. The van der Waals surface area contributed by atoms with Crippen LogP contribution in [0.2, 0.25) is 0 Å². The predicted octanol–water partition coefficient (Wildman–Crippen LogP) is 3.52. The van der Waals surface area contributed by atoms with Crippen LogP contribution in [0.1, 0.15) is 23.5 Å². The minimum atomic E-state index is 0.0506. The molecule has 0 spiro atoms. The van der Waals surface area contributed by atoms with E-state index in [4.69, 9.17) is 5.73 Å². The molecule has 2 aromatic rings. The van der Waals surface area contributed by atoms with Crippen LogP contribution in [0.4, 0.5) is 5.69 Å². The fourth-order valence-corrected chi connectivity index (χ4v) is 2.98. The minimum absolute atomic E-state index is 0.0506. The third kappa shape index (κ3) is 2.79. The van der Waals surface area contributed by atoms with Crippen LogP contribution in [0.3, 0.4) is 0 Å². The second-order valence-electron chi connectivity index (χ2n) is 4.75. The van der Waals surface area contributed by atoms with Crippen molar-refractivity contribution in [3.63, 3.8) is 0 Å². The predicted molar refractivity (Wildman–Crippen MR) is 82.6 cm³/mol.